The van der Waals surface area contributed by atoms with Crippen molar-refractivity contribution in [2.75, 3.05) is 6.61 Å². The number of hydrogen-bond acceptors (Lipinski definition) is 5. The average Bonchev–Trinajstić information content (AvgIpc) is 2.50. The van der Waals surface area contributed by atoms with Crippen molar-refractivity contribution >= 4 is 33.5 Å². The van der Waals surface area contributed by atoms with Crippen LogP contribution in [0.15, 0.2) is 23.1 Å². The van der Waals surface area contributed by atoms with Crippen LogP contribution in [-0.4, -0.2) is 32.9 Å². The number of hydrogen-bond donors (Lipinski definition) is 2. The van der Waals surface area contributed by atoms with E-state index in [1.165, 1.54) is 12.1 Å². The third-order valence-corrected chi connectivity index (χ3v) is 4.78. The van der Waals surface area contributed by atoms with E-state index in [-0.39, 0.29) is 21.5 Å². The molecule has 0 radical (unpaired) electrons. The summed E-state index contributed by atoms with van der Waals surface area (Å²) in [6.45, 7) is 5.61. The summed E-state index contributed by atoms with van der Waals surface area (Å²) in [6.07, 6.45) is 1.80. The van der Waals surface area contributed by atoms with Crippen molar-refractivity contribution in [3.63, 3.8) is 0 Å². The van der Waals surface area contributed by atoms with Gasteiger partial charge in [-0.15, -0.1) is 0 Å². The fraction of sp³-hybridized carbons (Fsp3) is 0.500. The maximum Gasteiger partial charge on any atom is 0.338 e. The zero-order valence-electron chi connectivity index (χ0n) is 14.4. The second-order valence-corrected chi connectivity index (χ2v) is 8.14. The topological polar surface area (TPSA) is 116 Å². The molecule has 0 fully saturated rings. The molecule has 9 heteroatoms. The van der Waals surface area contributed by atoms with E-state index in [9.17, 15) is 18.0 Å². The van der Waals surface area contributed by atoms with Gasteiger partial charge in [-0.1, -0.05) is 25.4 Å². The van der Waals surface area contributed by atoms with Gasteiger partial charge >= 0.3 is 5.97 Å². The van der Waals surface area contributed by atoms with Crippen molar-refractivity contribution < 1.29 is 22.7 Å². The Balaban J connectivity index is 2.61. The quantitative estimate of drug-likeness (QED) is 0.659. The highest BCUT2D eigenvalue weighted by Crippen LogP contribution is 2.21. The number of sulfonamides is 1. The Kier molecular flexibility index (Phi) is 7.85. The van der Waals surface area contributed by atoms with Gasteiger partial charge in [0.25, 0.3) is 5.91 Å². The van der Waals surface area contributed by atoms with Gasteiger partial charge in [0.1, 0.15) is 4.90 Å². The van der Waals surface area contributed by atoms with E-state index in [0.717, 1.165) is 18.9 Å². The number of benzene rings is 1. The molecule has 0 bridgehead atoms. The fourth-order valence-electron chi connectivity index (χ4n) is 2.03. The molecule has 0 saturated carbocycles. The third kappa shape index (κ3) is 7.41. The van der Waals surface area contributed by atoms with Crippen molar-refractivity contribution in [3.8, 4) is 0 Å². The average molecular weight is 391 g/mol. The van der Waals surface area contributed by atoms with Gasteiger partial charge in [-0.2, -0.15) is 0 Å². The lowest BCUT2D eigenvalue weighted by Crippen LogP contribution is -2.36. The highest BCUT2D eigenvalue weighted by molar-refractivity contribution is 7.89. The van der Waals surface area contributed by atoms with Crippen LogP contribution in [0.5, 0.6) is 0 Å². The number of esters is 1. The number of amides is 1. The van der Waals surface area contributed by atoms with Crippen molar-refractivity contribution in [2.45, 2.75) is 44.6 Å². The zero-order chi connectivity index (χ0) is 19.2. The molecule has 25 heavy (non-hydrogen) atoms. The van der Waals surface area contributed by atoms with Crippen LogP contribution in [0.4, 0.5) is 0 Å². The molecule has 0 heterocycles. The molecule has 1 amide bonds. The molecule has 1 aromatic rings. The van der Waals surface area contributed by atoms with Crippen molar-refractivity contribution in [2.24, 2.45) is 11.1 Å². The van der Waals surface area contributed by atoms with Gasteiger partial charge in [-0.25, -0.2) is 18.4 Å². The first-order valence-electron chi connectivity index (χ1n) is 7.79. The molecule has 0 aliphatic carbocycles. The summed E-state index contributed by atoms with van der Waals surface area (Å²) in [4.78, 5) is 23.4. The molecule has 1 rings (SSSR count). The minimum atomic E-state index is -4.07. The SMILES string of the molecule is CC(C)CC[C@H](C)NC(=O)COC(=O)c1ccc(Cl)c(S(N)(=O)=O)c1. The minimum Gasteiger partial charge on any atom is -0.452 e. The standard InChI is InChI=1S/C16H23ClN2O5S/c1-10(2)4-5-11(3)19-15(20)9-24-16(21)12-6-7-13(17)14(8-12)25(18,22)23/h6-8,10-11H,4-5,9H2,1-3H3,(H,19,20)(H2,18,22,23)/t11-/m0/s1. The van der Waals surface area contributed by atoms with E-state index in [1.54, 1.807) is 0 Å². The van der Waals surface area contributed by atoms with Crippen LogP contribution in [-0.2, 0) is 19.6 Å². The van der Waals surface area contributed by atoms with Crippen molar-refractivity contribution in [1.82, 2.24) is 5.32 Å². The highest BCUT2D eigenvalue weighted by atomic mass is 35.5. The first-order valence-corrected chi connectivity index (χ1v) is 9.72. The van der Waals surface area contributed by atoms with E-state index >= 15 is 0 Å². The molecule has 0 aliphatic heterocycles. The van der Waals surface area contributed by atoms with Gasteiger partial charge in [-0.05, 0) is 43.9 Å². The summed E-state index contributed by atoms with van der Waals surface area (Å²) in [5.74, 6) is -0.730. The van der Waals surface area contributed by atoms with Gasteiger partial charge < -0.3 is 10.1 Å². The van der Waals surface area contributed by atoms with E-state index in [2.05, 4.69) is 19.2 Å². The molecule has 7 nitrogen and oxygen atoms in total. The van der Waals surface area contributed by atoms with Gasteiger partial charge in [0.05, 0.1) is 10.6 Å². The van der Waals surface area contributed by atoms with Gasteiger partial charge in [0.15, 0.2) is 6.61 Å². The fourth-order valence-corrected chi connectivity index (χ4v) is 3.11. The second kappa shape index (κ2) is 9.17. The van der Waals surface area contributed by atoms with Crippen molar-refractivity contribution in [1.29, 1.82) is 0 Å². The summed E-state index contributed by atoms with van der Waals surface area (Å²) >= 11 is 5.75. The Morgan fingerprint density at radius 1 is 1.24 bits per heavy atom. The van der Waals surface area contributed by atoms with Crippen LogP contribution in [0.2, 0.25) is 5.02 Å². The predicted octanol–water partition coefficient (Wildman–Crippen LogP) is 2.09. The Morgan fingerprint density at radius 3 is 2.44 bits per heavy atom. The Hall–Kier alpha value is -1.64. The Bertz CT molecular complexity index is 734. The molecule has 1 aromatic carbocycles. The van der Waals surface area contributed by atoms with Gasteiger partial charge in [-0.3, -0.25) is 4.79 Å². The number of halogens is 1. The molecule has 0 spiro atoms. The Morgan fingerprint density at radius 2 is 1.88 bits per heavy atom. The molecule has 0 aliphatic rings. The van der Waals surface area contributed by atoms with Crippen LogP contribution in [0.3, 0.4) is 0 Å². The van der Waals surface area contributed by atoms with Crippen LogP contribution < -0.4 is 10.5 Å². The van der Waals surface area contributed by atoms with Crippen LogP contribution in [0, 0.1) is 5.92 Å². The monoisotopic (exact) mass is 390 g/mol. The molecule has 0 saturated heterocycles. The first-order chi connectivity index (χ1) is 11.5. The molecule has 0 unspecified atom stereocenters. The normalized spacial score (nSPS) is 12.7. The number of nitrogens with one attached hydrogen (secondary N) is 1. The van der Waals surface area contributed by atoms with E-state index in [1.807, 2.05) is 6.92 Å². The summed E-state index contributed by atoms with van der Waals surface area (Å²) in [7, 11) is -4.07. The second-order valence-electron chi connectivity index (χ2n) is 6.21. The number of nitrogens with two attached hydrogens (primary N) is 1. The number of primary sulfonamides is 1. The number of rotatable bonds is 8. The number of ether oxygens (including phenoxy) is 1. The van der Waals surface area contributed by atoms with Gasteiger partial charge in [0.2, 0.25) is 10.0 Å². The largest absolute Gasteiger partial charge is 0.452 e. The predicted molar refractivity (Wildman–Crippen MR) is 94.8 cm³/mol. The first kappa shape index (κ1) is 21.4. The van der Waals surface area contributed by atoms with Crippen LogP contribution >= 0.6 is 11.6 Å². The van der Waals surface area contributed by atoms with E-state index in [4.69, 9.17) is 21.5 Å². The maximum atomic E-state index is 12.0. The van der Waals surface area contributed by atoms with Crippen LogP contribution in [0.1, 0.15) is 44.0 Å². The third-order valence-electron chi connectivity index (χ3n) is 3.39. The van der Waals surface area contributed by atoms with E-state index in [0.29, 0.717) is 5.92 Å². The smallest absolute Gasteiger partial charge is 0.338 e. The lowest BCUT2D eigenvalue weighted by molar-refractivity contribution is -0.124. The van der Waals surface area contributed by atoms with E-state index < -0.39 is 28.5 Å². The molecule has 1 atom stereocenters. The molecule has 3 N–H and O–H groups in total. The number of carbonyl (C=O) groups excluding carboxylic acids is 2. The van der Waals surface area contributed by atoms with Crippen LogP contribution in [0.25, 0.3) is 0 Å². The lowest BCUT2D eigenvalue weighted by atomic mass is 10.0. The van der Waals surface area contributed by atoms with Crippen molar-refractivity contribution in [3.05, 3.63) is 28.8 Å². The minimum absolute atomic E-state index is 0.0295. The summed E-state index contributed by atoms with van der Waals surface area (Å²) in [5.41, 5.74) is -0.0610. The highest BCUT2D eigenvalue weighted by Gasteiger charge is 2.18. The molecular weight excluding hydrogens is 368 g/mol. The summed E-state index contributed by atoms with van der Waals surface area (Å²) in [6, 6.07) is 3.51. The number of carbonyl (C=O) groups is 2. The molecule has 140 valence electrons. The summed E-state index contributed by atoms with van der Waals surface area (Å²) in [5, 5.41) is 7.66. The molecular formula is C16H23ClN2O5S. The summed E-state index contributed by atoms with van der Waals surface area (Å²) < 4.78 is 27.7. The maximum absolute atomic E-state index is 12.0. The lowest BCUT2D eigenvalue weighted by Gasteiger charge is -2.15. The van der Waals surface area contributed by atoms with Gasteiger partial charge in [0, 0.05) is 6.04 Å². The zero-order valence-corrected chi connectivity index (χ0v) is 16.0. The Labute approximate surface area is 152 Å². The molecule has 0 aromatic heterocycles.